The van der Waals surface area contributed by atoms with Crippen molar-refractivity contribution >= 4 is 23.7 Å². The fourth-order valence-electron chi connectivity index (χ4n) is 5.74. The second-order valence-electron chi connectivity index (χ2n) is 13.3. The molecular formula is C32H58N12O2. The monoisotopic (exact) mass is 642 g/mol. The number of aryl methyl sites for hydroxylation is 1. The molecule has 5 N–H and O–H groups in total. The Bertz CT molecular complexity index is 1170. The Kier molecular flexibility index (Phi) is 14.1. The predicted octanol–water partition coefficient (Wildman–Crippen LogP) is 3.05. The minimum absolute atomic E-state index is 0.206. The molecule has 14 heteroatoms. The highest BCUT2D eigenvalue weighted by Crippen LogP contribution is 2.23. The molecule has 4 rings (SSSR count). The first-order valence-corrected chi connectivity index (χ1v) is 17.4. The molecule has 14 nitrogen and oxygen atoms in total. The van der Waals surface area contributed by atoms with Gasteiger partial charge in [0.2, 0.25) is 5.95 Å². The van der Waals surface area contributed by atoms with Gasteiger partial charge in [-0.1, -0.05) is 25.5 Å². The van der Waals surface area contributed by atoms with Crippen LogP contribution in [0.5, 0.6) is 0 Å². The first kappa shape index (κ1) is 35.6. The Balaban J connectivity index is 1.25. The lowest BCUT2D eigenvalue weighted by Gasteiger charge is -2.34. The fraction of sp³-hybridized carbons (Fsp3) is 0.781. The van der Waals surface area contributed by atoms with Crippen LogP contribution in [0.4, 0.5) is 22.4 Å². The molecule has 2 aliphatic rings. The number of rotatable bonds is 17. The van der Waals surface area contributed by atoms with E-state index in [4.69, 9.17) is 14.7 Å². The van der Waals surface area contributed by atoms with E-state index in [0.29, 0.717) is 31.6 Å². The maximum absolute atomic E-state index is 12.5. The van der Waals surface area contributed by atoms with Crippen molar-refractivity contribution in [2.75, 3.05) is 74.4 Å². The number of amides is 1. The molecule has 0 radical (unpaired) electrons. The number of piperazine rings is 1. The molecule has 0 aliphatic carbocycles. The van der Waals surface area contributed by atoms with E-state index in [1.807, 2.05) is 37.7 Å². The van der Waals surface area contributed by atoms with Crippen molar-refractivity contribution in [3.8, 4) is 0 Å². The minimum atomic E-state index is -0.494. The number of hydrogen-bond acceptors (Lipinski definition) is 12. The number of piperidine rings is 1. The van der Waals surface area contributed by atoms with Crippen molar-refractivity contribution in [2.45, 2.75) is 104 Å². The largest absolute Gasteiger partial charge is 0.444 e. The molecule has 1 unspecified atom stereocenters. The van der Waals surface area contributed by atoms with E-state index < -0.39 is 5.60 Å². The van der Waals surface area contributed by atoms with Gasteiger partial charge in [-0.3, -0.25) is 4.68 Å². The molecule has 2 fully saturated rings. The topological polar surface area (TPSA) is 149 Å². The summed E-state index contributed by atoms with van der Waals surface area (Å²) in [6.45, 7) is 19.3. The molecule has 1 amide bonds. The zero-order valence-electron chi connectivity index (χ0n) is 28.8. The number of likely N-dealkylation sites (tertiary alicyclic amines) is 1. The highest BCUT2D eigenvalue weighted by Gasteiger charge is 2.27. The smallest absolute Gasteiger partial charge is 0.410 e. The van der Waals surface area contributed by atoms with Gasteiger partial charge in [0.05, 0.1) is 12.7 Å². The molecule has 1 atom stereocenters. The van der Waals surface area contributed by atoms with E-state index in [9.17, 15) is 4.79 Å². The molecule has 4 heterocycles. The molecule has 2 aliphatic heterocycles. The van der Waals surface area contributed by atoms with Crippen LogP contribution in [0.25, 0.3) is 0 Å². The number of hydrogen-bond donors (Lipinski definition) is 5. The van der Waals surface area contributed by atoms with Crippen molar-refractivity contribution in [1.82, 2.24) is 45.8 Å². The second kappa shape index (κ2) is 18.2. The molecule has 0 bridgehead atoms. The third-order valence-electron chi connectivity index (χ3n) is 8.27. The summed E-state index contributed by atoms with van der Waals surface area (Å²) in [6.07, 6.45) is 8.02. The van der Waals surface area contributed by atoms with Crippen LogP contribution < -0.4 is 31.5 Å². The van der Waals surface area contributed by atoms with Gasteiger partial charge in [-0.2, -0.15) is 9.97 Å². The van der Waals surface area contributed by atoms with Gasteiger partial charge in [0, 0.05) is 77.1 Å². The lowest BCUT2D eigenvalue weighted by Crippen LogP contribution is -2.45. The average molecular weight is 643 g/mol. The Morgan fingerprint density at radius 2 is 1.87 bits per heavy atom. The van der Waals surface area contributed by atoms with Crippen molar-refractivity contribution in [3.05, 3.63) is 18.0 Å². The van der Waals surface area contributed by atoms with Crippen molar-refractivity contribution in [3.63, 3.8) is 0 Å². The van der Waals surface area contributed by atoms with Crippen LogP contribution in [-0.4, -0.2) is 113 Å². The first-order chi connectivity index (χ1) is 22.2. The van der Waals surface area contributed by atoms with Crippen molar-refractivity contribution in [1.29, 1.82) is 0 Å². The summed E-state index contributed by atoms with van der Waals surface area (Å²) in [5.74, 6) is 2.24. The van der Waals surface area contributed by atoms with Crippen LogP contribution in [0.2, 0.25) is 0 Å². The first-order valence-electron chi connectivity index (χ1n) is 17.4. The Morgan fingerprint density at radius 3 is 2.59 bits per heavy atom. The van der Waals surface area contributed by atoms with Crippen LogP contribution in [0.3, 0.4) is 0 Å². The second-order valence-corrected chi connectivity index (χ2v) is 13.3. The zero-order valence-corrected chi connectivity index (χ0v) is 28.8. The normalized spacial score (nSPS) is 16.8. The lowest BCUT2D eigenvalue weighted by atomic mass is 10.1. The number of ether oxygens (including phenoxy) is 1. The van der Waals surface area contributed by atoms with E-state index >= 15 is 0 Å². The van der Waals surface area contributed by atoms with Gasteiger partial charge in [0.25, 0.3) is 0 Å². The summed E-state index contributed by atoms with van der Waals surface area (Å²) in [6, 6.07) is 2.87. The summed E-state index contributed by atoms with van der Waals surface area (Å²) in [5.41, 5.74) is 0.353. The van der Waals surface area contributed by atoms with Crippen LogP contribution in [-0.2, 0) is 17.8 Å². The van der Waals surface area contributed by atoms with Gasteiger partial charge in [-0.05, 0) is 59.4 Å². The molecule has 0 saturated carbocycles. The van der Waals surface area contributed by atoms with Gasteiger partial charge < -0.3 is 41.1 Å². The summed E-state index contributed by atoms with van der Waals surface area (Å²) < 4.78 is 7.46. The van der Waals surface area contributed by atoms with E-state index in [-0.39, 0.29) is 12.1 Å². The Morgan fingerprint density at radius 1 is 1.09 bits per heavy atom. The van der Waals surface area contributed by atoms with Gasteiger partial charge in [0.15, 0.2) is 0 Å². The van der Waals surface area contributed by atoms with E-state index in [1.165, 1.54) is 19.3 Å². The maximum atomic E-state index is 12.5. The minimum Gasteiger partial charge on any atom is -0.444 e. The number of carbonyl (C=O) groups is 1. The summed E-state index contributed by atoms with van der Waals surface area (Å²) in [5, 5.41) is 26.2. The average Bonchev–Trinajstić information content (AvgIpc) is 3.50. The zero-order chi connectivity index (χ0) is 32.8. The third kappa shape index (κ3) is 12.2. The van der Waals surface area contributed by atoms with Gasteiger partial charge in [-0.25, -0.2) is 4.79 Å². The molecule has 0 spiro atoms. The number of carbonyl (C=O) groups excluding carboxylic acids is 1. The number of anilines is 3. The molecule has 2 aromatic rings. The Hall–Kier alpha value is -3.23. The molecule has 46 heavy (non-hydrogen) atoms. The van der Waals surface area contributed by atoms with Crippen LogP contribution in [0, 0.1) is 0 Å². The number of nitrogens with one attached hydrogen (secondary N) is 5. The van der Waals surface area contributed by atoms with E-state index in [1.54, 1.807) is 4.90 Å². The van der Waals surface area contributed by atoms with Gasteiger partial charge >= 0.3 is 6.09 Å². The molecule has 0 aromatic carbocycles. The summed E-state index contributed by atoms with van der Waals surface area (Å²) >= 11 is 0. The standard InChI is InChI=1S/C32H58N12O2/c1-6-9-25(7-2)35-14-13-33-12-8-17-44-24-27(40-41-44)23-36-30-38-28(22-29(39-30)42-20-15-34-16-21-42)37-26-10-18-43(19-11-26)31(45)46-32(3,4)5/h22,24-26,33-35H,6-21,23H2,1-5H3,(H2,36,37,38,39). The van der Waals surface area contributed by atoms with Gasteiger partial charge in [-0.15, -0.1) is 5.10 Å². The third-order valence-corrected chi connectivity index (χ3v) is 8.27. The highest BCUT2D eigenvalue weighted by molar-refractivity contribution is 5.68. The highest BCUT2D eigenvalue weighted by atomic mass is 16.6. The van der Waals surface area contributed by atoms with Crippen molar-refractivity contribution in [2.24, 2.45) is 0 Å². The van der Waals surface area contributed by atoms with Crippen LogP contribution >= 0.6 is 0 Å². The van der Waals surface area contributed by atoms with Gasteiger partial charge in [0.1, 0.15) is 22.9 Å². The van der Waals surface area contributed by atoms with E-state index in [0.717, 1.165) is 89.0 Å². The SMILES string of the molecule is CCCC(CC)NCCNCCCn1cc(CNc2nc(NC3CCN(C(=O)OC(C)(C)C)CC3)cc(N3CCNCC3)n2)nn1. The van der Waals surface area contributed by atoms with E-state index in [2.05, 4.69) is 55.6 Å². The quantitative estimate of drug-likeness (QED) is 0.162. The van der Waals surface area contributed by atoms with Crippen molar-refractivity contribution < 1.29 is 9.53 Å². The maximum Gasteiger partial charge on any atom is 0.410 e. The summed E-state index contributed by atoms with van der Waals surface area (Å²) in [7, 11) is 0. The summed E-state index contributed by atoms with van der Waals surface area (Å²) in [4.78, 5) is 26.2. The molecule has 258 valence electrons. The lowest BCUT2D eigenvalue weighted by molar-refractivity contribution is 0.0210. The fourth-order valence-corrected chi connectivity index (χ4v) is 5.74. The number of nitrogens with zero attached hydrogens (tertiary/aromatic N) is 7. The van der Waals surface area contributed by atoms with Crippen LogP contribution in [0.1, 0.15) is 78.8 Å². The molecule has 2 aromatic heterocycles. The van der Waals surface area contributed by atoms with Crippen LogP contribution in [0.15, 0.2) is 12.3 Å². The molecular weight excluding hydrogens is 584 g/mol. The predicted molar refractivity (Wildman–Crippen MR) is 183 cm³/mol. The Labute approximate surface area is 275 Å². The number of aromatic nitrogens is 5. The molecule has 2 saturated heterocycles.